The number of nitrogens with zero attached hydrogens (tertiary/aromatic N) is 1. The maximum atomic E-state index is 12.9. The van der Waals surface area contributed by atoms with Crippen molar-refractivity contribution < 1.29 is 9.18 Å². The molecule has 5 heteroatoms. The van der Waals surface area contributed by atoms with Crippen LogP contribution in [0.15, 0.2) is 48.5 Å². The average molecular weight is 369 g/mol. The topological polar surface area (TPSA) is 44.4 Å². The van der Waals surface area contributed by atoms with Crippen molar-refractivity contribution in [3.8, 4) is 0 Å². The van der Waals surface area contributed by atoms with Crippen LogP contribution in [0.3, 0.4) is 0 Å². The molecule has 0 unspecified atom stereocenters. The minimum absolute atomic E-state index is 0.0614. The number of amides is 1. The Balaban J connectivity index is 1.38. The van der Waals surface area contributed by atoms with Crippen LogP contribution in [0, 0.1) is 11.7 Å². The first kappa shape index (κ1) is 19.4. The molecular weight excluding hydrogens is 341 g/mol. The summed E-state index contributed by atoms with van der Waals surface area (Å²) in [6.07, 6.45) is 3.24. The number of carbonyl (C=O) groups excluding carboxylic acids is 1. The first-order valence-corrected chi connectivity index (χ1v) is 9.70. The van der Waals surface area contributed by atoms with Crippen molar-refractivity contribution in [3.05, 3.63) is 59.9 Å². The van der Waals surface area contributed by atoms with Crippen molar-refractivity contribution in [1.82, 2.24) is 5.32 Å². The summed E-state index contributed by atoms with van der Waals surface area (Å²) in [5.74, 6) is 0.524. The van der Waals surface area contributed by atoms with E-state index in [1.54, 1.807) is 12.1 Å². The fourth-order valence-electron chi connectivity index (χ4n) is 3.31. The van der Waals surface area contributed by atoms with Crippen LogP contribution in [0.1, 0.15) is 25.3 Å². The first-order valence-electron chi connectivity index (χ1n) is 9.70. The summed E-state index contributed by atoms with van der Waals surface area (Å²) >= 11 is 0. The number of benzene rings is 2. The van der Waals surface area contributed by atoms with Gasteiger partial charge in [0.2, 0.25) is 5.91 Å². The fourth-order valence-corrected chi connectivity index (χ4v) is 3.31. The number of nitrogens with one attached hydrogen (secondary N) is 2. The van der Waals surface area contributed by atoms with Gasteiger partial charge in [-0.1, -0.05) is 19.1 Å². The molecule has 2 N–H and O–H groups in total. The van der Waals surface area contributed by atoms with Gasteiger partial charge in [0.05, 0.1) is 6.54 Å². The molecular formula is C22H28FN3O. The Morgan fingerprint density at radius 2 is 1.74 bits per heavy atom. The van der Waals surface area contributed by atoms with Crippen LogP contribution in [0.4, 0.5) is 15.8 Å². The fraction of sp³-hybridized carbons (Fsp3) is 0.409. The lowest BCUT2D eigenvalue weighted by atomic mass is 9.99. The lowest BCUT2D eigenvalue weighted by Gasteiger charge is -2.32. The van der Waals surface area contributed by atoms with Gasteiger partial charge in [-0.15, -0.1) is 0 Å². The minimum atomic E-state index is -0.230. The molecule has 0 aromatic heterocycles. The summed E-state index contributed by atoms with van der Waals surface area (Å²) < 4.78 is 12.9. The summed E-state index contributed by atoms with van der Waals surface area (Å²) in [6, 6.07) is 14.5. The Hall–Kier alpha value is -2.40. The summed E-state index contributed by atoms with van der Waals surface area (Å²) in [5.41, 5.74) is 3.08. The van der Waals surface area contributed by atoms with Crippen molar-refractivity contribution >= 4 is 17.3 Å². The van der Waals surface area contributed by atoms with Crippen molar-refractivity contribution in [3.63, 3.8) is 0 Å². The molecule has 3 rings (SSSR count). The zero-order valence-electron chi connectivity index (χ0n) is 15.9. The summed E-state index contributed by atoms with van der Waals surface area (Å²) in [7, 11) is 0. The highest BCUT2D eigenvalue weighted by molar-refractivity contribution is 5.92. The summed E-state index contributed by atoms with van der Waals surface area (Å²) in [6.45, 7) is 5.44. The Bertz CT molecular complexity index is 722. The van der Waals surface area contributed by atoms with Gasteiger partial charge in [-0.05, 0) is 73.7 Å². The van der Waals surface area contributed by atoms with E-state index in [0.717, 1.165) is 36.7 Å². The molecule has 1 amide bonds. The molecule has 1 aliphatic heterocycles. The zero-order chi connectivity index (χ0) is 19.1. The second kappa shape index (κ2) is 9.51. The Morgan fingerprint density at radius 1 is 1.07 bits per heavy atom. The lowest BCUT2D eigenvalue weighted by Crippen LogP contribution is -2.32. The molecule has 1 heterocycles. The number of hydrogen-bond donors (Lipinski definition) is 2. The van der Waals surface area contributed by atoms with Gasteiger partial charge in [-0.2, -0.15) is 0 Å². The molecule has 2 aromatic rings. The number of hydrogen-bond acceptors (Lipinski definition) is 3. The van der Waals surface area contributed by atoms with Crippen LogP contribution in [0.2, 0.25) is 0 Å². The highest BCUT2D eigenvalue weighted by Gasteiger charge is 2.15. The molecule has 4 nitrogen and oxygen atoms in total. The van der Waals surface area contributed by atoms with Crippen LogP contribution < -0.4 is 15.5 Å². The van der Waals surface area contributed by atoms with Crippen LogP contribution in [-0.2, 0) is 11.2 Å². The number of rotatable bonds is 7. The maximum Gasteiger partial charge on any atom is 0.238 e. The van der Waals surface area contributed by atoms with Crippen molar-refractivity contribution in [2.75, 3.05) is 36.4 Å². The van der Waals surface area contributed by atoms with Gasteiger partial charge in [0.15, 0.2) is 0 Å². The smallest absolute Gasteiger partial charge is 0.238 e. The third-order valence-corrected chi connectivity index (χ3v) is 5.09. The first-order chi connectivity index (χ1) is 13.1. The molecule has 0 atom stereocenters. The van der Waals surface area contributed by atoms with E-state index in [2.05, 4.69) is 34.6 Å². The highest BCUT2D eigenvalue weighted by atomic mass is 19.1. The molecule has 1 fully saturated rings. The van der Waals surface area contributed by atoms with Gasteiger partial charge < -0.3 is 15.5 Å². The van der Waals surface area contributed by atoms with Gasteiger partial charge in [-0.25, -0.2) is 4.39 Å². The minimum Gasteiger partial charge on any atom is -0.372 e. The Labute approximate surface area is 160 Å². The normalized spacial score (nSPS) is 15.0. The molecule has 0 saturated carbocycles. The van der Waals surface area contributed by atoms with Gasteiger partial charge in [0, 0.05) is 24.5 Å². The van der Waals surface area contributed by atoms with E-state index in [9.17, 15) is 9.18 Å². The van der Waals surface area contributed by atoms with Gasteiger partial charge in [-0.3, -0.25) is 4.79 Å². The van der Waals surface area contributed by atoms with Gasteiger partial charge in [0.1, 0.15) is 5.82 Å². The van der Waals surface area contributed by atoms with E-state index in [1.807, 2.05) is 12.1 Å². The largest absolute Gasteiger partial charge is 0.372 e. The molecule has 0 aliphatic carbocycles. The highest BCUT2D eigenvalue weighted by Crippen LogP contribution is 2.24. The third-order valence-electron chi connectivity index (χ3n) is 5.09. The van der Waals surface area contributed by atoms with E-state index >= 15 is 0 Å². The quantitative estimate of drug-likeness (QED) is 0.729. The van der Waals surface area contributed by atoms with Crippen molar-refractivity contribution in [2.24, 2.45) is 5.92 Å². The Kier molecular flexibility index (Phi) is 6.82. The predicted molar refractivity (Wildman–Crippen MR) is 109 cm³/mol. The van der Waals surface area contributed by atoms with Crippen LogP contribution in [0.25, 0.3) is 0 Å². The number of halogens is 1. The molecule has 0 spiro atoms. The number of anilines is 2. The molecule has 0 radical (unpaired) electrons. The van der Waals surface area contributed by atoms with E-state index in [4.69, 9.17) is 0 Å². The number of carbonyl (C=O) groups is 1. The van der Waals surface area contributed by atoms with Crippen LogP contribution in [-0.4, -0.2) is 32.1 Å². The van der Waals surface area contributed by atoms with Gasteiger partial charge in [0.25, 0.3) is 0 Å². The zero-order valence-corrected chi connectivity index (χ0v) is 15.9. The van der Waals surface area contributed by atoms with Crippen molar-refractivity contribution in [2.45, 2.75) is 26.2 Å². The van der Waals surface area contributed by atoms with E-state index in [0.29, 0.717) is 6.54 Å². The molecule has 2 aromatic carbocycles. The summed E-state index contributed by atoms with van der Waals surface area (Å²) in [4.78, 5) is 14.5. The molecule has 144 valence electrons. The van der Waals surface area contributed by atoms with Crippen molar-refractivity contribution in [1.29, 1.82) is 0 Å². The standard InChI is InChI=1S/C22H28FN3O/c1-17-11-14-26(15-12-17)21-8-6-20(7-9-21)25-22(27)16-24-13-10-18-2-4-19(23)5-3-18/h2-9,17,24H,10-16H2,1H3,(H,25,27). The average Bonchev–Trinajstić information content (AvgIpc) is 2.68. The van der Waals surface area contributed by atoms with Crippen LogP contribution >= 0.6 is 0 Å². The number of piperidine rings is 1. The monoisotopic (exact) mass is 369 g/mol. The lowest BCUT2D eigenvalue weighted by molar-refractivity contribution is -0.115. The predicted octanol–water partition coefficient (Wildman–Crippen LogP) is 3.83. The second-order valence-electron chi connectivity index (χ2n) is 7.32. The molecule has 1 saturated heterocycles. The summed E-state index contributed by atoms with van der Waals surface area (Å²) in [5, 5.41) is 6.04. The van der Waals surface area contributed by atoms with Crippen LogP contribution in [0.5, 0.6) is 0 Å². The van der Waals surface area contributed by atoms with E-state index in [-0.39, 0.29) is 18.3 Å². The second-order valence-corrected chi connectivity index (χ2v) is 7.32. The molecule has 0 bridgehead atoms. The van der Waals surface area contributed by atoms with E-state index in [1.165, 1.54) is 30.7 Å². The Morgan fingerprint density at radius 3 is 2.41 bits per heavy atom. The van der Waals surface area contributed by atoms with E-state index < -0.39 is 0 Å². The van der Waals surface area contributed by atoms with Gasteiger partial charge >= 0.3 is 0 Å². The third kappa shape index (κ3) is 6.07. The maximum absolute atomic E-state index is 12.9. The molecule has 1 aliphatic rings. The molecule has 27 heavy (non-hydrogen) atoms. The SMILES string of the molecule is CC1CCN(c2ccc(NC(=O)CNCCc3ccc(F)cc3)cc2)CC1.